The lowest BCUT2D eigenvalue weighted by Crippen LogP contribution is -2.48. The molecule has 194 valence electrons. The summed E-state index contributed by atoms with van der Waals surface area (Å²) < 4.78 is 5.94. The molecule has 1 aliphatic carbocycles. The van der Waals surface area contributed by atoms with Crippen LogP contribution in [0.3, 0.4) is 0 Å². The number of fused-ring (bicyclic) bond motifs is 1. The molecular weight excluding hydrogens is 454 g/mol. The molecule has 36 heavy (non-hydrogen) atoms. The highest BCUT2D eigenvalue weighted by molar-refractivity contribution is 5.87. The van der Waals surface area contributed by atoms with E-state index in [9.17, 15) is 14.7 Å². The molecule has 0 saturated heterocycles. The fourth-order valence-electron chi connectivity index (χ4n) is 5.06. The van der Waals surface area contributed by atoms with E-state index < -0.39 is 17.4 Å². The van der Waals surface area contributed by atoms with Crippen LogP contribution < -0.4 is 10.6 Å². The van der Waals surface area contributed by atoms with E-state index in [1.54, 1.807) is 0 Å². The molecule has 1 aliphatic heterocycles. The number of carbonyl (C=O) groups is 2. The summed E-state index contributed by atoms with van der Waals surface area (Å²) in [7, 11) is 0. The third-order valence-electron chi connectivity index (χ3n) is 7.42. The SMILES string of the molecule is CC(C)(Cc1ccccc1)C(=O)N[C@@H](CCOC1CC(CCc2ccc3c(n2)NCCC3)C1)C(=O)O. The molecule has 2 heterocycles. The molecule has 1 amide bonds. The van der Waals surface area contributed by atoms with Crippen molar-refractivity contribution in [3.63, 3.8) is 0 Å². The first-order chi connectivity index (χ1) is 17.3. The van der Waals surface area contributed by atoms with Crippen molar-refractivity contribution in [2.45, 2.75) is 77.4 Å². The number of ether oxygens (including phenoxy) is 1. The summed E-state index contributed by atoms with van der Waals surface area (Å²) in [4.78, 5) is 29.4. The molecule has 0 radical (unpaired) electrons. The highest BCUT2D eigenvalue weighted by Gasteiger charge is 2.33. The number of aryl methyl sites for hydroxylation is 2. The Morgan fingerprint density at radius 1 is 1.19 bits per heavy atom. The van der Waals surface area contributed by atoms with Crippen LogP contribution in [0.1, 0.15) is 62.8 Å². The molecule has 1 aromatic carbocycles. The van der Waals surface area contributed by atoms with E-state index >= 15 is 0 Å². The molecule has 4 rings (SSSR count). The number of amides is 1. The van der Waals surface area contributed by atoms with Crippen molar-refractivity contribution >= 4 is 17.7 Å². The van der Waals surface area contributed by atoms with Crippen molar-refractivity contribution in [3.8, 4) is 0 Å². The number of nitrogens with zero attached hydrogens (tertiary/aromatic N) is 1. The van der Waals surface area contributed by atoms with Crippen LogP contribution in [0.5, 0.6) is 0 Å². The number of carboxylic acid groups (broad SMARTS) is 1. The summed E-state index contributed by atoms with van der Waals surface area (Å²) in [5.74, 6) is 0.390. The van der Waals surface area contributed by atoms with Crippen LogP contribution in [0.2, 0.25) is 0 Å². The van der Waals surface area contributed by atoms with Crippen LogP contribution in [0.15, 0.2) is 42.5 Å². The third kappa shape index (κ3) is 7.06. The summed E-state index contributed by atoms with van der Waals surface area (Å²) in [5, 5.41) is 15.7. The largest absolute Gasteiger partial charge is 0.480 e. The van der Waals surface area contributed by atoms with Crippen molar-refractivity contribution in [2.24, 2.45) is 11.3 Å². The second-order valence-electron chi connectivity index (χ2n) is 10.9. The highest BCUT2D eigenvalue weighted by Crippen LogP contribution is 2.34. The summed E-state index contributed by atoms with van der Waals surface area (Å²) in [6.07, 6.45) is 7.31. The van der Waals surface area contributed by atoms with Gasteiger partial charge in [-0.2, -0.15) is 0 Å². The zero-order valence-electron chi connectivity index (χ0n) is 21.5. The minimum absolute atomic E-state index is 0.174. The maximum absolute atomic E-state index is 12.8. The monoisotopic (exact) mass is 493 g/mol. The van der Waals surface area contributed by atoms with Gasteiger partial charge in [0.15, 0.2) is 0 Å². The number of benzene rings is 1. The molecule has 0 unspecified atom stereocenters. The van der Waals surface area contributed by atoms with Crippen LogP contribution in [-0.2, 0) is 33.6 Å². The van der Waals surface area contributed by atoms with Gasteiger partial charge in [-0.1, -0.05) is 50.2 Å². The number of nitrogens with one attached hydrogen (secondary N) is 2. The average molecular weight is 494 g/mol. The minimum atomic E-state index is -1.03. The Kier molecular flexibility index (Phi) is 8.62. The predicted molar refractivity (Wildman–Crippen MR) is 140 cm³/mol. The van der Waals surface area contributed by atoms with Gasteiger partial charge in [-0.3, -0.25) is 4.79 Å². The molecule has 1 aromatic heterocycles. The van der Waals surface area contributed by atoms with Gasteiger partial charge < -0.3 is 20.5 Å². The number of hydrogen-bond acceptors (Lipinski definition) is 5. The minimum Gasteiger partial charge on any atom is -0.480 e. The first-order valence-electron chi connectivity index (χ1n) is 13.2. The maximum Gasteiger partial charge on any atom is 0.326 e. The number of hydrogen-bond donors (Lipinski definition) is 3. The van der Waals surface area contributed by atoms with Gasteiger partial charge in [0.25, 0.3) is 0 Å². The van der Waals surface area contributed by atoms with Crippen molar-refractivity contribution in [1.29, 1.82) is 0 Å². The average Bonchev–Trinajstić information content (AvgIpc) is 2.84. The van der Waals surface area contributed by atoms with E-state index in [0.29, 0.717) is 18.9 Å². The standard InChI is InChI=1S/C29H39N3O4/c1-29(2,19-20-7-4-3-5-8-20)28(35)32-25(27(33)34)14-16-36-24-17-21(18-24)10-12-23-13-11-22-9-6-15-30-26(22)31-23/h3-5,7-8,11,13,21,24-25H,6,9-10,12,14-19H2,1-2H3,(H,30,31)(H,32,35)(H,33,34)/t21?,24?,25-/m0/s1. The van der Waals surface area contributed by atoms with Crippen LogP contribution >= 0.6 is 0 Å². The summed E-state index contributed by atoms with van der Waals surface area (Å²) in [6.45, 7) is 5.01. The topological polar surface area (TPSA) is 101 Å². The van der Waals surface area contributed by atoms with Crippen molar-refractivity contribution in [3.05, 3.63) is 59.3 Å². The zero-order valence-corrected chi connectivity index (χ0v) is 21.5. The van der Waals surface area contributed by atoms with Crippen LogP contribution in [0, 0.1) is 11.3 Å². The molecule has 2 aliphatic rings. The van der Waals surface area contributed by atoms with Gasteiger partial charge in [-0.25, -0.2) is 9.78 Å². The number of anilines is 1. The van der Waals surface area contributed by atoms with Crippen molar-refractivity contribution in [2.75, 3.05) is 18.5 Å². The Morgan fingerprint density at radius 2 is 1.97 bits per heavy atom. The smallest absolute Gasteiger partial charge is 0.326 e. The Morgan fingerprint density at radius 3 is 2.72 bits per heavy atom. The van der Waals surface area contributed by atoms with E-state index in [-0.39, 0.29) is 18.4 Å². The number of aliphatic carboxylic acids is 1. The van der Waals surface area contributed by atoms with E-state index in [4.69, 9.17) is 9.72 Å². The molecular formula is C29H39N3O4. The Hall–Kier alpha value is -2.93. The number of aromatic nitrogens is 1. The highest BCUT2D eigenvalue weighted by atomic mass is 16.5. The quantitative estimate of drug-likeness (QED) is 0.405. The molecule has 2 aromatic rings. The predicted octanol–water partition coefficient (Wildman–Crippen LogP) is 4.40. The fourth-order valence-corrected chi connectivity index (χ4v) is 5.06. The lowest BCUT2D eigenvalue weighted by molar-refractivity contribution is -0.144. The second-order valence-corrected chi connectivity index (χ2v) is 10.9. The number of carbonyl (C=O) groups excluding carboxylic acids is 1. The van der Waals surface area contributed by atoms with E-state index in [1.165, 1.54) is 12.0 Å². The van der Waals surface area contributed by atoms with Gasteiger partial charge in [0.2, 0.25) is 5.91 Å². The van der Waals surface area contributed by atoms with Crippen LogP contribution in [-0.4, -0.2) is 47.3 Å². The Labute approximate surface area is 214 Å². The fraction of sp³-hybridized carbons (Fsp3) is 0.552. The molecule has 1 fully saturated rings. The first-order valence-corrected chi connectivity index (χ1v) is 13.2. The third-order valence-corrected chi connectivity index (χ3v) is 7.42. The van der Waals surface area contributed by atoms with Crippen LogP contribution in [0.4, 0.5) is 5.82 Å². The maximum atomic E-state index is 12.8. The Bertz CT molecular complexity index is 1030. The molecule has 1 atom stereocenters. The zero-order chi connectivity index (χ0) is 25.5. The number of carboxylic acids is 1. The van der Waals surface area contributed by atoms with Gasteiger partial charge in [0.1, 0.15) is 11.9 Å². The van der Waals surface area contributed by atoms with Gasteiger partial charge >= 0.3 is 5.97 Å². The van der Waals surface area contributed by atoms with E-state index in [0.717, 1.165) is 55.7 Å². The molecule has 0 bridgehead atoms. The number of rotatable bonds is 12. The van der Waals surface area contributed by atoms with E-state index in [2.05, 4.69) is 22.8 Å². The second kappa shape index (κ2) is 11.9. The van der Waals surface area contributed by atoms with Gasteiger partial charge in [0.05, 0.1) is 6.10 Å². The van der Waals surface area contributed by atoms with Crippen molar-refractivity contribution in [1.82, 2.24) is 10.3 Å². The molecule has 7 heteroatoms. The van der Waals surface area contributed by atoms with E-state index in [1.807, 2.05) is 44.2 Å². The Balaban J connectivity index is 1.15. The lowest BCUT2D eigenvalue weighted by Gasteiger charge is -2.35. The molecule has 0 spiro atoms. The first kappa shape index (κ1) is 26.1. The van der Waals surface area contributed by atoms with Crippen LogP contribution in [0.25, 0.3) is 0 Å². The van der Waals surface area contributed by atoms with Gasteiger partial charge in [0, 0.05) is 30.7 Å². The summed E-state index contributed by atoms with van der Waals surface area (Å²) in [6, 6.07) is 13.2. The number of pyridine rings is 1. The van der Waals surface area contributed by atoms with Gasteiger partial charge in [-0.05, 0) is 68.1 Å². The molecule has 7 nitrogen and oxygen atoms in total. The summed E-state index contributed by atoms with van der Waals surface area (Å²) in [5.41, 5.74) is 2.80. The molecule has 3 N–H and O–H groups in total. The van der Waals surface area contributed by atoms with Crippen molar-refractivity contribution < 1.29 is 19.4 Å². The van der Waals surface area contributed by atoms with Gasteiger partial charge in [-0.15, -0.1) is 0 Å². The lowest BCUT2D eigenvalue weighted by atomic mass is 9.79. The normalized spacial score (nSPS) is 19.9. The summed E-state index contributed by atoms with van der Waals surface area (Å²) >= 11 is 0. The molecule has 1 saturated carbocycles.